The number of hydrogen-bond donors (Lipinski definition) is 1. The van der Waals surface area contributed by atoms with Crippen LogP contribution in [0, 0.1) is 0 Å². The van der Waals surface area contributed by atoms with Gasteiger partial charge in [0.15, 0.2) is 5.76 Å². The van der Waals surface area contributed by atoms with Crippen molar-refractivity contribution in [3.05, 3.63) is 66.5 Å². The minimum atomic E-state index is -0.304. The summed E-state index contributed by atoms with van der Waals surface area (Å²) in [5.41, 5.74) is 0.603. The number of anilines is 1. The first-order valence-corrected chi connectivity index (χ1v) is 7.18. The number of nitrogens with one attached hydrogen (secondary N) is 1. The van der Waals surface area contributed by atoms with Crippen LogP contribution in [-0.4, -0.2) is 15.9 Å². The first kappa shape index (κ1) is 14.8. The number of furan rings is 1. The lowest BCUT2D eigenvalue weighted by molar-refractivity contribution is 0.0995. The summed E-state index contributed by atoms with van der Waals surface area (Å²) in [6.45, 7) is 1.97. The molecule has 3 rings (SSSR count). The van der Waals surface area contributed by atoms with E-state index in [1.165, 1.54) is 6.20 Å². The van der Waals surface area contributed by atoms with Gasteiger partial charge in [0.2, 0.25) is 5.88 Å². The number of carbonyl (C=O) groups excluding carboxylic acids is 1. The Hall–Kier alpha value is -3.15. The number of hydrogen-bond acceptors (Lipinski definition) is 5. The molecule has 0 aliphatic heterocycles. The molecule has 0 aliphatic carbocycles. The van der Waals surface area contributed by atoms with Crippen molar-refractivity contribution < 1.29 is 13.9 Å². The van der Waals surface area contributed by atoms with Gasteiger partial charge < -0.3 is 14.5 Å². The van der Waals surface area contributed by atoms with E-state index >= 15 is 0 Å². The Morgan fingerprint density at radius 1 is 1.26 bits per heavy atom. The standard InChI is InChI=1S/C17H15N3O3/c1-2-13-6-7-15(22-13)17(21)20-12-4-3-5-14(10-12)23-16-11-18-8-9-19-16/h3-11H,2H2,1H3,(H,20,21). The van der Waals surface area contributed by atoms with Gasteiger partial charge in [-0.3, -0.25) is 9.78 Å². The lowest BCUT2D eigenvalue weighted by Crippen LogP contribution is -2.10. The molecule has 0 atom stereocenters. The molecule has 0 spiro atoms. The van der Waals surface area contributed by atoms with E-state index in [1.807, 2.05) is 6.92 Å². The first-order chi connectivity index (χ1) is 11.2. The second kappa shape index (κ2) is 6.74. The van der Waals surface area contributed by atoms with Crippen molar-refractivity contribution in [3.8, 4) is 11.6 Å². The number of rotatable bonds is 5. The van der Waals surface area contributed by atoms with Crippen LogP contribution in [0.3, 0.4) is 0 Å². The van der Waals surface area contributed by atoms with Crippen LogP contribution in [0.25, 0.3) is 0 Å². The Morgan fingerprint density at radius 2 is 2.17 bits per heavy atom. The van der Waals surface area contributed by atoms with Gasteiger partial charge in [-0.25, -0.2) is 4.98 Å². The maximum Gasteiger partial charge on any atom is 0.291 e. The maximum atomic E-state index is 12.1. The molecule has 0 bridgehead atoms. The molecule has 0 aliphatic rings. The zero-order valence-electron chi connectivity index (χ0n) is 12.5. The van der Waals surface area contributed by atoms with Crippen molar-refractivity contribution in [2.24, 2.45) is 0 Å². The average Bonchev–Trinajstić information content (AvgIpc) is 3.05. The summed E-state index contributed by atoms with van der Waals surface area (Å²) in [4.78, 5) is 20.1. The highest BCUT2D eigenvalue weighted by atomic mass is 16.5. The number of ether oxygens (including phenoxy) is 1. The van der Waals surface area contributed by atoms with Gasteiger partial charge in [0.05, 0.1) is 6.20 Å². The summed E-state index contributed by atoms with van der Waals surface area (Å²) in [7, 11) is 0. The fourth-order valence-electron chi connectivity index (χ4n) is 1.98. The Kier molecular flexibility index (Phi) is 4.33. The molecule has 1 aromatic carbocycles. The van der Waals surface area contributed by atoms with Gasteiger partial charge in [-0.05, 0) is 24.3 Å². The lowest BCUT2D eigenvalue weighted by Gasteiger charge is -2.07. The minimum Gasteiger partial charge on any atom is -0.456 e. The number of amides is 1. The molecule has 0 unspecified atom stereocenters. The molecule has 3 aromatic rings. The van der Waals surface area contributed by atoms with E-state index < -0.39 is 0 Å². The van der Waals surface area contributed by atoms with E-state index in [4.69, 9.17) is 9.15 Å². The van der Waals surface area contributed by atoms with Crippen molar-refractivity contribution in [1.82, 2.24) is 9.97 Å². The van der Waals surface area contributed by atoms with Crippen LogP contribution in [0.1, 0.15) is 23.2 Å². The second-order valence-corrected chi connectivity index (χ2v) is 4.75. The van der Waals surface area contributed by atoms with Crippen molar-refractivity contribution in [2.75, 3.05) is 5.32 Å². The van der Waals surface area contributed by atoms with Gasteiger partial charge >= 0.3 is 0 Å². The third-order valence-electron chi connectivity index (χ3n) is 3.09. The quantitative estimate of drug-likeness (QED) is 0.778. The van der Waals surface area contributed by atoms with Gasteiger partial charge in [0.25, 0.3) is 5.91 Å². The van der Waals surface area contributed by atoms with Crippen LogP contribution in [0.15, 0.2) is 59.4 Å². The van der Waals surface area contributed by atoms with Crippen LogP contribution in [0.5, 0.6) is 11.6 Å². The highest BCUT2D eigenvalue weighted by molar-refractivity contribution is 6.02. The van der Waals surface area contributed by atoms with Crippen molar-refractivity contribution in [1.29, 1.82) is 0 Å². The van der Waals surface area contributed by atoms with E-state index in [1.54, 1.807) is 48.8 Å². The zero-order valence-corrected chi connectivity index (χ0v) is 12.5. The Balaban J connectivity index is 1.71. The third-order valence-corrected chi connectivity index (χ3v) is 3.09. The number of nitrogens with zero attached hydrogens (tertiary/aromatic N) is 2. The van der Waals surface area contributed by atoms with Crippen molar-refractivity contribution >= 4 is 11.6 Å². The third kappa shape index (κ3) is 3.74. The summed E-state index contributed by atoms with van der Waals surface area (Å²) < 4.78 is 11.0. The second-order valence-electron chi connectivity index (χ2n) is 4.75. The van der Waals surface area contributed by atoms with E-state index in [2.05, 4.69) is 15.3 Å². The highest BCUT2D eigenvalue weighted by Gasteiger charge is 2.11. The largest absolute Gasteiger partial charge is 0.456 e. The monoisotopic (exact) mass is 309 g/mol. The molecule has 116 valence electrons. The van der Waals surface area contributed by atoms with Crippen LogP contribution < -0.4 is 10.1 Å². The number of aromatic nitrogens is 2. The van der Waals surface area contributed by atoms with E-state index in [-0.39, 0.29) is 11.7 Å². The summed E-state index contributed by atoms with van der Waals surface area (Å²) in [5.74, 6) is 1.69. The fraction of sp³-hybridized carbons (Fsp3) is 0.118. The van der Waals surface area contributed by atoms with E-state index in [0.717, 1.165) is 12.2 Å². The number of aryl methyl sites for hydroxylation is 1. The Bertz CT molecular complexity index is 800. The smallest absolute Gasteiger partial charge is 0.291 e. The highest BCUT2D eigenvalue weighted by Crippen LogP contribution is 2.22. The van der Waals surface area contributed by atoms with Crippen LogP contribution >= 0.6 is 0 Å². The molecular formula is C17H15N3O3. The molecule has 6 heteroatoms. The number of carbonyl (C=O) groups is 1. The molecule has 0 saturated heterocycles. The molecule has 0 radical (unpaired) electrons. The summed E-state index contributed by atoms with van der Waals surface area (Å²) >= 11 is 0. The molecular weight excluding hydrogens is 294 g/mol. The molecule has 2 heterocycles. The first-order valence-electron chi connectivity index (χ1n) is 7.18. The van der Waals surface area contributed by atoms with Gasteiger partial charge in [-0.2, -0.15) is 0 Å². The summed E-state index contributed by atoms with van der Waals surface area (Å²) in [6, 6.07) is 10.5. The fourth-order valence-corrected chi connectivity index (χ4v) is 1.98. The zero-order chi connectivity index (χ0) is 16.1. The predicted molar refractivity (Wildman–Crippen MR) is 84.6 cm³/mol. The van der Waals surface area contributed by atoms with Gasteiger partial charge in [0, 0.05) is 30.6 Å². The Labute approximate surface area is 133 Å². The predicted octanol–water partition coefficient (Wildman–Crippen LogP) is 3.68. The Morgan fingerprint density at radius 3 is 2.91 bits per heavy atom. The van der Waals surface area contributed by atoms with Gasteiger partial charge in [0.1, 0.15) is 11.5 Å². The van der Waals surface area contributed by atoms with Crippen LogP contribution in [0.2, 0.25) is 0 Å². The number of benzene rings is 1. The SMILES string of the molecule is CCc1ccc(C(=O)Nc2cccc(Oc3cnccn3)c2)o1. The van der Waals surface area contributed by atoms with Crippen molar-refractivity contribution in [2.45, 2.75) is 13.3 Å². The normalized spacial score (nSPS) is 10.3. The van der Waals surface area contributed by atoms with Gasteiger partial charge in [-0.1, -0.05) is 13.0 Å². The van der Waals surface area contributed by atoms with Crippen LogP contribution in [0.4, 0.5) is 5.69 Å². The molecule has 1 N–H and O–H groups in total. The molecule has 1 amide bonds. The van der Waals surface area contributed by atoms with E-state index in [0.29, 0.717) is 17.3 Å². The maximum absolute atomic E-state index is 12.1. The average molecular weight is 309 g/mol. The topological polar surface area (TPSA) is 77.2 Å². The summed E-state index contributed by atoms with van der Waals surface area (Å²) in [5, 5.41) is 2.77. The molecule has 0 saturated carbocycles. The lowest BCUT2D eigenvalue weighted by atomic mass is 10.3. The molecule has 0 fully saturated rings. The van der Waals surface area contributed by atoms with E-state index in [9.17, 15) is 4.79 Å². The molecule has 2 aromatic heterocycles. The van der Waals surface area contributed by atoms with Crippen molar-refractivity contribution in [3.63, 3.8) is 0 Å². The minimum absolute atomic E-state index is 0.280. The summed E-state index contributed by atoms with van der Waals surface area (Å²) in [6.07, 6.45) is 5.37. The van der Waals surface area contributed by atoms with Gasteiger partial charge in [-0.15, -0.1) is 0 Å². The molecule has 23 heavy (non-hydrogen) atoms. The van der Waals surface area contributed by atoms with Crippen LogP contribution in [-0.2, 0) is 6.42 Å². The molecule has 6 nitrogen and oxygen atoms in total.